The van der Waals surface area contributed by atoms with Crippen LogP contribution in [0.25, 0.3) is 0 Å². The Morgan fingerprint density at radius 2 is 1.18 bits per heavy atom. The van der Waals surface area contributed by atoms with Gasteiger partial charge in [0.1, 0.15) is 11.5 Å². The predicted octanol–water partition coefficient (Wildman–Crippen LogP) is 2.35. The zero-order chi connectivity index (χ0) is 15.9. The number of methoxy groups -OCH3 is 2. The van der Waals surface area contributed by atoms with Crippen molar-refractivity contribution in [2.24, 2.45) is 17.4 Å². The Balaban J connectivity index is 2.20. The molecule has 118 valence electrons. The molecule has 2 aromatic rings. The maximum Gasteiger partial charge on any atom is 0.122 e. The molecule has 0 aliphatic heterocycles. The quantitative estimate of drug-likeness (QED) is 0.770. The standard InChI is InChI=1S/C18H24N2O2/c1-21-16-9-5-3-7-13(16)11-15(18(19)20)12-14-8-4-6-10-17(14)22-2/h3-10,15,18H,11-12,19-20H2,1-2H3. The summed E-state index contributed by atoms with van der Waals surface area (Å²) in [5.74, 6) is 1.84. The van der Waals surface area contributed by atoms with Crippen molar-refractivity contribution in [3.05, 3.63) is 59.7 Å². The Labute approximate surface area is 132 Å². The van der Waals surface area contributed by atoms with Gasteiger partial charge in [-0.1, -0.05) is 36.4 Å². The maximum absolute atomic E-state index is 6.01. The van der Waals surface area contributed by atoms with E-state index in [1.165, 1.54) is 0 Å². The molecule has 0 saturated carbocycles. The fourth-order valence-electron chi connectivity index (χ4n) is 2.65. The summed E-state index contributed by atoms with van der Waals surface area (Å²) < 4.78 is 10.8. The second kappa shape index (κ2) is 7.82. The van der Waals surface area contributed by atoms with E-state index >= 15 is 0 Å². The van der Waals surface area contributed by atoms with Crippen LogP contribution in [0.3, 0.4) is 0 Å². The molecule has 4 heteroatoms. The molecule has 0 aliphatic carbocycles. The van der Waals surface area contributed by atoms with Gasteiger partial charge in [-0.2, -0.15) is 0 Å². The van der Waals surface area contributed by atoms with Crippen molar-refractivity contribution in [2.75, 3.05) is 14.2 Å². The van der Waals surface area contributed by atoms with Crippen molar-refractivity contribution in [3.63, 3.8) is 0 Å². The molecule has 2 aromatic carbocycles. The number of hydrogen-bond acceptors (Lipinski definition) is 4. The van der Waals surface area contributed by atoms with Crippen molar-refractivity contribution in [1.82, 2.24) is 0 Å². The third-order valence-corrected chi connectivity index (χ3v) is 3.89. The molecule has 4 nitrogen and oxygen atoms in total. The molecule has 4 N–H and O–H groups in total. The largest absolute Gasteiger partial charge is 0.496 e. The highest BCUT2D eigenvalue weighted by molar-refractivity contribution is 5.36. The number of nitrogens with two attached hydrogens (primary N) is 2. The summed E-state index contributed by atoms with van der Waals surface area (Å²) in [5, 5.41) is 0. The van der Waals surface area contributed by atoms with Gasteiger partial charge < -0.3 is 20.9 Å². The Kier molecular flexibility index (Phi) is 5.81. The number of hydrogen-bond donors (Lipinski definition) is 2. The van der Waals surface area contributed by atoms with E-state index in [0.717, 1.165) is 35.5 Å². The molecule has 0 atom stereocenters. The van der Waals surface area contributed by atoms with Crippen LogP contribution in [-0.2, 0) is 12.8 Å². The molecule has 0 bridgehead atoms. The molecule has 0 fully saturated rings. The maximum atomic E-state index is 6.01. The molecule has 0 unspecified atom stereocenters. The zero-order valence-corrected chi connectivity index (χ0v) is 13.2. The van der Waals surface area contributed by atoms with Gasteiger partial charge in [-0.15, -0.1) is 0 Å². The first-order chi connectivity index (χ1) is 10.7. The van der Waals surface area contributed by atoms with Gasteiger partial charge in [0.05, 0.1) is 20.4 Å². The summed E-state index contributed by atoms with van der Waals surface area (Å²) in [6, 6.07) is 15.9. The van der Waals surface area contributed by atoms with E-state index in [4.69, 9.17) is 20.9 Å². The number of para-hydroxylation sites is 2. The average Bonchev–Trinajstić information content (AvgIpc) is 2.55. The molecule has 0 aliphatic rings. The first-order valence-corrected chi connectivity index (χ1v) is 7.40. The average molecular weight is 300 g/mol. The SMILES string of the molecule is COc1ccccc1CC(Cc1ccccc1OC)C(N)N. The van der Waals surface area contributed by atoms with Crippen LogP contribution < -0.4 is 20.9 Å². The minimum Gasteiger partial charge on any atom is -0.496 e. The van der Waals surface area contributed by atoms with Crippen LogP contribution >= 0.6 is 0 Å². The Morgan fingerprint density at radius 3 is 1.55 bits per heavy atom. The zero-order valence-electron chi connectivity index (χ0n) is 13.2. The lowest BCUT2D eigenvalue weighted by atomic mass is 9.90. The fourth-order valence-corrected chi connectivity index (χ4v) is 2.65. The highest BCUT2D eigenvalue weighted by atomic mass is 16.5. The van der Waals surface area contributed by atoms with E-state index in [1.54, 1.807) is 14.2 Å². The lowest BCUT2D eigenvalue weighted by Crippen LogP contribution is -2.41. The number of rotatable bonds is 7. The van der Waals surface area contributed by atoms with Crippen LogP contribution in [0.15, 0.2) is 48.5 Å². The second-order valence-corrected chi connectivity index (χ2v) is 5.37. The van der Waals surface area contributed by atoms with Crippen molar-refractivity contribution in [3.8, 4) is 11.5 Å². The lowest BCUT2D eigenvalue weighted by Gasteiger charge is -2.22. The van der Waals surface area contributed by atoms with Crippen LogP contribution in [-0.4, -0.2) is 20.4 Å². The summed E-state index contributed by atoms with van der Waals surface area (Å²) in [6.45, 7) is 0. The topological polar surface area (TPSA) is 70.5 Å². The van der Waals surface area contributed by atoms with E-state index in [1.807, 2.05) is 36.4 Å². The van der Waals surface area contributed by atoms with E-state index in [9.17, 15) is 0 Å². The molecule has 0 saturated heterocycles. The number of benzene rings is 2. The van der Waals surface area contributed by atoms with Crippen LogP contribution in [0, 0.1) is 5.92 Å². The molecule has 0 aromatic heterocycles. The molecule has 22 heavy (non-hydrogen) atoms. The fraction of sp³-hybridized carbons (Fsp3) is 0.333. The smallest absolute Gasteiger partial charge is 0.122 e. The van der Waals surface area contributed by atoms with Gasteiger partial charge in [-0.3, -0.25) is 0 Å². The van der Waals surface area contributed by atoms with Crippen molar-refractivity contribution in [1.29, 1.82) is 0 Å². The Bertz CT molecular complexity index is 550. The first-order valence-electron chi connectivity index (χ1n) is 7.40. The summed E-state index contributed by atoms with van der Waals surface area (Å²) in [7, 11) is 3.35. The van der Waals surface area contributed by atoms with E-state index in [2.05, 4.69) is 12.1 Å². The molecule has 2 rings (SSSR count). The van der Waals surface area contributed by atoms with Gasteiger partial charge in [0.2, 0.25) is 0 Å². The highest BCUT2D eigenvalue weighted by Crippen LogP contribution is 2.26. The van der Waals surface area contributed by atoms with Crippen molar-refractivity contribution >= 4 is 0 Å². The van der Waals surface area contributed by atoms with Gasteiger partial charge in [0, 0.05) is 0 Å². The van der Waals surface area contributed by atoms with Gasteiger partial charge >= 0.3 is 0 Å². The lowest BCUT2D eigenvalue weighted by molar-refractivity contribution is 0.378. The summed E-state index contributed by atoms with van der Waals surface area (Å²) in [5.41, 5.74) is 14.3. The van der Waals surface area contributed by atoms with Gasteiger partial charge in [0.25, 0.3) is 0 Å². The third-order valence-electron chi connectivity index (χ3n) is 3.89. The van der Waals surface area contributed by atoms with Gasteiger partial charge in [-0.05, 0) is 42.0 Å². The molecule has 0 spiro atoms. The van der Waals surface area contributed by atoms with Gasteiger partial charge in [0.15, 0.2) is 0 Å². The second-order valence-electron chi connectivity index (χ2n) is 5.37. The molecule has 0 amide bonds. The predicted molar refractivity (Wildman–Crippen MR) is 89.0 cm³/mol. The summed E-state index contributed by atoms with van der Waals surface area (Å²) in [6.07, 6.45) is 1.12. The van der Waals surface area contributed by atoms with E-state index in [-0.39, 0.29) is 5.92 Å². The van der Waals surface area contributed by atoms with Crippen molar-refractivity contribution in [2.45, 2.75) is 19.0 Å². The van der Waals surface area contributed by atoms with Crippen molar-refractivity contribution < 1.29 is 9.47 Å². The minimum absolute atomic E-state index is 0.104. The Morgan fingerprint density at radius 1 is 0.773 bits per heavy atom. The van der Waals surface area contributed by atoms with E-state index < -0.39 is 6.17 Å². The monoisotopic (exact) mass is 300 g/mol. The Hall–Kier alpha value is -2.04. The van der Waals surface area contributed by atoms with E-state index in [0.29, 0.717) is 0 Å². The molecular formula is C18H24N2O2. The minimum atomic E-state index is -0.408. The van der Waals surface area contributed by atoms with Crippen LogP contribution in [0.2, 0.25) is 0 Å². The summed E-state index contributed by atoms with van der Waals surface area (Å²) in [4.78, 5) is 0. The molecule has 0 heterocycles. The normalized spacial score (nSPS) is 11.0. The molecular weight excluding hydrogens is 276 g/mol. The first kappa shape index (κ1) is 16.3. The third kappa shape index (κ3) is 4.00. The van der Waals surface area contributed by atoms with Crippen LogP contribution in [0.5, 0.6) is 11.5 Å². The highest BCUT2D eigenvalue weighted by Gasteiger charge is 2.19. The van der Waals surface area contributed by atoms with Gasteiger partial charge in [-0.25, -0.2) is 0 Å². The molecule has 0 radical (unpaired) electrons. The van der Waals surface area contributed by atoms with Crippen LogP contribution in [0.4, 0.5) is 0 Å². The summed E-state index contributed by atoms with van der Waals surface area (Å²) >= 11 is 0. The number of ether oxygens (including phenoxy) is 2. The van der Waals surface area contributed by atoms with Crippen LogP contribution in [0.1, 0.15) is 11.1 Å².